The highest BCUT2D eigenvalue weighted by Gasteiger charge is 2.19. The molecule has 2 aromatic heterocycles. The Morgan fingerprint density at radius 3 is 2.48 bits per heavy atom. The van der Waals surface area contributed by atoms with Crippen molar-refractivity contribution in [3.8, 4) is 11.3 Å². The first-order valence-corrected chi connectivity index (χ1v) is 10.1. The van der Waals surface area contributed by atoms with E-state index in [0.717, 1.165) is 5.56 Å². The van der Waals surface area contributed by atoms with Gasteiger partial charge in [-0.1, -0.05) is 48.5 Å². The van der Waals surface area contributed by atoms with Crippen LogP contribution in [0.15, 0.2) is 66.9 Å². The van der Waals surface area contributed by atoms with E-state index in [4.69, 9.17) is 10.7 Å². The molecule has 0 saturated carbocycles. The van der Waals surface area contributed by atoms with Crippen LogP contribution in [0.1, 0.15) is 35.8 Å². The van der Waals surface area contributed by atoms with Crippen LogP contribution in [-0.4, -0.2) is 26.6 Å². The van der Waals surface area contributed by atoms with E-state index >= 15 is 0 Å². The number of nitrogens with zero attached hydrogens (tertiary/aromatic N) is 3. The van der Waals surface area contributed by atoms with Crippen molar-refractivity contribution in [1.82, 2.24) is 14.8 Å². The van der Waals surface area contributed by atoms with E-state index in [-0.39, 0.29) is 18.4 Å². The maximum atomic E-state index is 13.3. The number of nitrogens with one attached hydrogen (secondary N) is 1. The number of pyridine rings is 1. The maximum Gasteiger partial charge on any atom is 0.256 e. The molecule has 2 aromatic carbocycles. The number of benzene rings is 2. The number of aromatic nitrogens is 3. The van der Waals surface area contributed by atoms with Crippen LogP contribution < -0.4 is 11.1 Å². The van der Waals surface area contributed by atoms with Gasteiger partial charge in [0, 0.05) is 17.3 Å². The van der Waals surface area contributed by atoms with Gasteiger partial charge in [-0.05, 0) is 31.5 Å². The minimum atomic E-state index is -0.461. The molecule has 31 heavy (non-hydrogen) atoms. The van der Waals surface area contributed by atoms with Gasteiger partial charge in [0.2, 0.25) is 5.91 Å². The molecule has 4 aromatic rings. The second kappa shape index (κ2) is 8.39. The largest absolute Gasteiger partial charge is 0.369 e. The van der Waals surface area contributed by atoms with Crippen molar-refractivity contribution in [2.75, 3.05) is 5.32 Å². The highest BCUT2D eigenvalue weighted by atomic mass is 16.2. The molecule has 0 atom stereocenters. The van der Waals surface area contributed by atoms with Crippen molar-refractivity contribution in [3.05, 3.63) is 78.0 Å². The number of hydrogen-bond acceptors (Lipinski definition) is 4. The fourth-order valence-electron chi connectivity index (χ4n) is 3.51. The third kappa shape index (κ3) is 4.16. The van der Waals surface area contributed by atoms with Crippen LogP contribution in [0.4, 0.5) is 5.69 Å². The zero-order valence-electron chi connectivity index (χ0n) is 17.4. The minimum absolute atomic E-state index is 0.0444. The summed E-state index contributed by atoms with van der Waals surface area (Å²) < 4.78 is 1.81. The molecular weight excluding hydrogens is 390 g/mol. The normalized spacial score (nSPS) is 11.1. The summed E-state index contributed by atoms with van der Waals surface area (Å²) in [6.07, 6.45) is 1.71. The predicted molar refractivity (Wildman–Crippen MR) is 121 cm³/mol. The van der Waals surface area contributed by atoms with Crippen LogP contribution in [-0.2, 0) is 11.2 Å². The van der Waals surface area contributed by atoms with Crippen LogP contribution in [0.5, 0.6) is 0 Å². The fraction of sp³-hybridized carbons (Fsp3) is 0.167. The van der Waals surface area contributed by atoms with E-state index in [0.29, 0.717) is 33.5 Å². The van der Waals surface area contributed by atoms with E-state index in [2.05, 4.69) is 10.4 Å². The number of anilines is 1. The summed E-state index contributed by atoms with van der Waals surface area (Å²) in [5, 5.41) is 8.04. The minimum Gasteiger partial charge on any atom is -0.369 e. The average Bonchev–Trinajstić information content (AvgIpc) is 3.19. The number of carbonyl (C=O) groups excluding carboxylic acids is 2. The summed E-state index contributed by atoms with van der Waals surface area (Å²) in [4.78, 5) is 29.5. The van der Waals surface area contributed by atoms with Crippen LogP contribution in [0.3, 0.4) is 0 Å². The molecule has 0 unspecified atom stereocenters. The van der Waals surface area contributed by atoms with Crippen molar-refractivity contribution < 1.29 is 9.59 Å². The van der Waals surface area contributed by atoms with Gasteiger partial charge in [-0.3, -0.25) is 9.59 Å². The summed E-state index contributed by atoms with van der Waals surface area (Å²) in [6.45, 7) is 4.03. The molecule has 4 rings (SSSR count). The number of primary amides is 1. The SMILES string of the molecule is CC(C)n1ncc2c(C(=O)Nc3ccccc3CC(N)=O)cc(-c3ccccc3)nc21. The van der Waals surface area contributed by atoms with E-state index in [1.807, 2.05) is 44.2 Å². The van der Waals surface area contributed by atoms with Gasteiger partial charge in [0.05, 0.1) is 29.3 Å². The fourth-order valence-corrected chi connectivity index (χ4v) is 3.51. The Labute approximate surface area is 179 Å². The molecule has 0 spiro atoms. The molecule has 7 nitrogen and oxygen atoms in total. The van der Waals surface area contributed by atoms with Gasteiger partial charge >= 0.3 is 0 Å². The Morgan fingerprint density at radius 1 is 1.06 bits per heavy atom. The third-order valence-electron chi connectivity index (χ3n) is 5.00. The van der Waals surface area contributed by atoms with Crippen molar-refractivity contribution in [1.29, 1.82) is 0 Å². The zero-order chi connectivity index (χ0) is 22.0. The van der Waals surface area contributed by atoms with Crippen LogP contribution >= 0.6 is 0 Å². The standard InChI is InChI=1S/C24H23N5O2/c1-15(2)29-23-19(14-26-29)18(13-21(27-23)16-8-4-3-5-9-16)24(31)28-20-11-7-6-10-17(20)12-22(25)30/h3-11,13-15H,12H2,1-2H3,(H2,25,30)(H,28,31). The van der Waals surface area contributed by atoms with Crippen LogP contribution in [0.25, 0.3) is 22.3 Å². The predicted octanol–water partition coefficient (Wildman–Crippen LogP) is 3.96. The van der Waals surface area contributed by atoms with Crippen molar-refractivity contribution in [2.45, 2.75) is 26.3 Å². The highest BCUT2D eigenvalue weighted by molar-refractivity contribution is 6.13. The number of rotatable bonds is 6. The second-order valence-electron chi connectivity index (χ2n) is 7.60. The molecule has 0 radical (unpaired) electrons. The van der Waals surface area contributed by atoms with Crippen molar-refractivity contribution >= 4 is 28.5 Å². The Bertz CT molecular complexity index is 1260. The second-order valence-corrected chi connectivity index (χ2v) is 7.60. The van der Waals surface area contributed by atoms with E-state index in [9.17, 15) is 9.59 Å². The average molecular weight is 413 g/mol. The van der Waals surface area contributed by atoms with Crippen LogP contribution in [0, 0.1) is 0 Å². The first-order chi connectivity index (χ1) is 14.9. The Kier molecular flexibility index (Phi) is 5.49. The number of fused-ring (bicyclic) bond motifs is 1. The van der Waals surface area contributed by atoms with E-state index in [1.54, 1.807) is 41.2 Å². The third-order valence-corrected chi connectivity index (χ3v) is 5.00. The number of nitrogens with two attached hydrogens (primary N) is 1. The van der Waals surface area contributed by atoms with Crippen molar-refractivity contribution in [3.63, 3.8) is 0 Å². The number of para-hydroxylation sites is 1. The quantitative estimate of drug-likeness (QED) is 0.499. The molecule has 2 amide bonds. The molecule has 156 valence electrons. The summed E-state index contributed by atoms with van der Waals surface area (Å²) in [7, 11) is 0. The monoisotopic (exact) mass is 413 g/mol. The molecule has 7 heteroatoms. The van der Waals surface area contributed by atoms with Gasteiger partial charge in [-0.15, -0.1) is 0 Å². The molecule has 0 aliphatic rings. The molecule has 0 aliphatic heterocycles. The summed E-state index contributed by atoms with van der Waals surface area (Å²) in [5.74, 6) is -0.762. The first-order valence-electron chi connectivity index (χ1n) is 10.1. The Balaban J connectivity index is 1.81. The topological polar surface area (TPSA) is 103 Å². The van der Waals surface area contributed by atoms with Crippen LogP contribution in [0.2, 0.25) is 0 Å². The van der Waals surface area contributed by atoms with Gasteiger partial charge in [0.1, 0.15) is 0 Å². The molecule has 0 aliphatic carbocycles. The molecule has 3 N–H and O–H groups in total. The van der Waals surface area contributed by atoms with E-state index < -0.39 is 5.91 Å². The highest BCUT2D eigenvalue weighted by Crippen LogP contribution is 2.27. The van der Waals surface area contributed by atoms with Crippen molar-refractivity contribution in [2.24, 2.45) is 5.73 Å². The Hall–Kier alpha value is -4.00. The summed E-state index contributed by atoms with van der Waals surface area (Å²) in [6, 6.07) is 18.7. The Morgan fingerprint density at radius 2 is 1.77 bits per heavy atom. The van der Waals surface area contributed by atoms with Gasteiger partial charge < -0.3 is 11.1 Å². The lowest BCUT2D eigenvalue weighted by Gasteiger charge is -2.13. The lowest BCUT2D eigenvalue weighted by molar-refractivity contribution is -0.117. The first kappa shape index (κ1) is 20.3. The van der Waals surface area contributed by atoms with Gasteiger partial charge in [-0.25, -0.2) is 9.67 Å². The molecule has 0 bridgehead atoms. The lowest BCUT2D eigenvalue weighted by atomic mass is 10.1. The molecule has 2 heterocycles. The molecule has 0 fully saturated rings. The number of amides is 2. The lowest BCUT2D eigenvalue weighted by Crippen LogP contribution is -2.18. The van der Waals surface area contributed by atoms with Gasteiger partial charge in [-0.2, -0.15) is 5.10 Å². The maximum absolute atomic E-state index is 13.3. The molecular formula is C24H23N5O2. The van der Waals surface area contributed by atoms with E-state index in [1.165, 1.54) is 0 Å². The summed E-state index contributed by atoms with van der Waals surface area (Å²) >= 11 is 0. The number of carbonyl (C=O) groups is 2. The number of hydrogen-bond donors (Lipinski definition) is 2. The smallest absolute Gasteiger partial charge is 0.256 e. The molecule has 0 saturated heterocycles. The van der Waals surface area contributed by atoms with Gasteiger partial charge in [0.25, 0.3) is 5.91 Å². The van der Waals surface area contributed by atoms with Gasteiger partial charge in [0.15, 0.2) is 5.65 Å². The zero-order valence-corrected chi connectivity index (χ0v) is 17.4. The summed E-state index contributed by atoms with van der Waals surface area (Å²) in [5.41, 5.74) is 9.27.